The summed E-state index contributed by atoms with van der Waals surface area (Å²) < 4.78 is 0. The van der Waals surface area contributed by atoms with E-state index in [1.807, 2.05) is 13.8 Å². The van der Waals surface area contributed by atoms with E-state index < -0.39 is 23.8 Å². The van der Waals surface area contributed by atoms with Gasteiger partial charge in [0, 0.05) is 32.2 Å². The van der Waals surface area contributed by atoms with Gasteiger partial charge in [0.15, 0.2) is 0 Å². The van der Waals surface area contributed by atoms with Gasteiger partial charge in [-0.15, -0.1) is 5.06 Å². The van der Waals surface area contributed by atoms with Gasteiger partial charge >= 0.3 is 5.97 Å². The second-order valence-corrected chi connectivity index (χ2v) is 6.97. The zero-order valence-electron chi connectivity index (χ0n) is 16.5. The molecule has 1 heterocycles. The van der Waals surface area contributed by atoms with E-state index >= 15 is 0 Å². The highest BCUT2D eigenvalue weighted by Crippen LogP contribution is 2.13. The molecule has 0 radical (unpaired) electrons. The second-order valence-electron chi connectivity index (χ2n) is 6.97. The topological polar surface area (TPSA) is 148 Å². The van der Waals surface area contributed by atoms with E-state index in [4.69, 9.17) is 10.6 Å². The molecule has 28 heavy (non-hydrogen) atoms. The quantitative estimate of drug-likeness (QED) is 0.303. The maximum absolute atomic E-state index is 12.2. The Morgan fingerprint density at radius 3 is 2.29 bits per heavy atom. The summed E-state index contributed by atoms with van der Waals surface area (Å²) in [6.45, 7) is 4.70. The molecule has 4 amide bonds. The van der Waals surface area contributed by atoms with Gasteiger partial charge in [-0.3, -0.25) is 19.2 Å². The molecule has 1 aliphatic rings. The maximum atomic E-state index is 12.2. The zero-order chi connectivity index (χ0) is 21.1. The first-order chi connectivity index (χ1) is 13.3. The van der Waals surface area contributed by atoms with Crippen LogP contribution < -0.4 is 16.4 Å². The van der Waals surface area contributed by atoms with Gasteiger partial charge in [0.1, 0.15) is 6.04 Å². The molecule has 0 spiro atoms. The van der Waals surface area contributed by atoms with Gasteiger partial charge in [-0.05, 0) is 31.7 Å². The lowest BCUT2D eigenvalue weighted by molar-refractivity contribution is -0.197. The first-order valence-corrected chi connectivity index (χ1v) is 9.60. The molecule has 1 rings (SSSR count). The normalized spacial score (nSPS) is 14.9. The molecule has 0 saturated carbocycles. The van der Waals surface area contributed by atoms with Crippen LogP contribution in [0.2, 0.25) is 0 Å². The highest BCUT2D eigenvalue weighted by molar-refractivity contribution is 6.01. The van der Waals surface area contributed by atoms with Gasteiger partial charge < -0.3 is 21.2 Å². The van der Waals surface area contributed by atoms with Crippen molar-refractivity contribution >= 4 is 29.6 Å². The Morgan fingerprint density at radius 2 is 1.71 bits per heavy atom. The van der Waals surface area contributed by atoms with Gasteiger partial charge in [0.25, 0.3) is 11.8 Å². The Hall–Kier alpha value is -2.49. The average Bonchev–Trinajstić information content (AvgIpc) is 2.94. The van der Waals surface area contributed by atoms with Crippen molar-refractivity contribution in [3.05, 3.63) is 0 Å². The lowest BCUT2D eigenvalue weighted by Gasteiger charge is -2.21. The van der Waals surface area contributed by atoms with Gasteiger partial charge in [0.2, 0.25) is 11.8 Å². The molecule has 0 bridgehead atoms. The molecule has 1 saturated heterocycles. The molecule has 1 unspecified atom stereocenters. The number of hydrogen-bond acceptors (Lipinski definition) is 7. The van der Waals surface area contributed by atoms with Crippen LogP contribution in [0.3, 0.4) is 0 Å². The largest absolute Gasteiger partial charge is 0.354 e. The second kappa shape index (κ2) is 12.1. The number of hydrogen-bond donors (Lipinski definition) is 3. The molecule has 10 nitrogen and oxygen atoms in total. The molecular formula is C18H30N4O6. The van der Waals surface area contributed by atoms with Gasteiger partial charge in [-0.25, -0.2) is 4.79 Å². The number of nitrogens with two attached hydrogens (primary N) is 1. The summed E-state index contributed by atoms with van der Waals surface area (Å²) >= 11 is 0. The molecule has 1 aliphatic heterocycles. The Bertz CT molecular complexity index is 577. The first kappa shape index (κ1) is 23.5. The molecule has 158 valence electrons. The highest BCUT2D eigenvalue weighted by atomic mass is 16.7. The van der Waals surface area contributed by atoms with Crippen LogP contribution in [0.4, 0.5) is 0 Å². The average molecular weight is 398 g/mol. The Kier molecular flexibility index (Phi) is 10.1. The fourth-order valence-corrected chi connectivity index (χ4v) is 2.57. The summed E-state index contributed by atoms with van der Waals surface area (Å²) in [4.78, 5) is 63.5. The molecular weight excluding hydrogens is 368 g/mol. The number of carbonyl (C=O) groups excluding carboxylic acids is 5. The minimum atomic E-state index is -0.755. The minimum absolute atomic E-state index is 0.0146. The van der Waals surface area contributed by atoms with E-state index in [0.29, 0.717) is 18.2 Å². The van der Waals surface area contributed by atoms with Crippen LogP contribution in [0.25, 0.3) is 0 Å². The van der Waals surface area contributed by atoms with Crippen LogP contribution in [-0.4, -0.2) is 53.8 Å². The number of imide groups is 1. The van der Waals surface area contributed by atoms with Crippen molar-refractivity contribution in [2.45, 2.75) is 64.8 Å². The van der Waals surface area contributed by atoms with Crippen molar-refractivity contribution in [1.29, 1.82) is 0 Å². The maximum Gasteiger partial charge on any atom is 0.333 e. The first-order valence-electron chi connectivity index (χ1n) is 9.60. The minimum Gasteiger partial charge on any atom is -0.354 e. The molecule has 0 aliphatic carbocycles. The predicted octanol–water partition coefficient (Wildman–Crippen LogP) is -0.240. The van der Waals surface area contributed by atoms with Gasteiger partial charge in [-0.2, -0.15) is 0 Å². The van der Waals surface area contributed by atoms with Crippen LogP contribution in [-0.2, 0) is 28.8 Å². The van der Waals surface area contributed by atoms with Crippen LogP contribution in [0, 0.1) is 5.92 Å². The monoisotopic (exact) mass is 398 g/mol. The lowest BCUT2D eigenvalue weighted by atomic mass is 10.0. The zero-order valence-corrected chi connectivity index (χ0v) is 16.5. The number of unbranched alkanes of at least 4 members (excludes halogenated alkanes) is 1. The molecule has 4 N–H and O–H groups in total. The highest BCUT2D eigenvalue weighted by Gasteiger charge is 2.32. The molecule has 10 heteroatoms. The van der Waals surface area contributed by atoms with Crippen molar-refractivity contribution in [3.8, 4) is 0 Å². The molecule has 1 fully saturated rings. The van der Waals surface area contributed by atoms with Crippen molar-refractivity contribution in [2.75, 3.05) is 13.1 Å². The number of carbonyl (C=O) groups is 5. The number of nitrogens with one attached hydrogen (secondary N) is 2. The predicted molar refractivity (Wildman–Crippen MR) is 99.1 cm³/mol. The molecule has 1 atom stereocenters. The Balaban J connectivity index is 2.34. The number of amides is 4. The standard InChI is InChI=1S/C18H30N4O6/c1-12(2)17(18(27)20-11-4-3-10-19)21-13(23)6-5-7-16(26)28-22-14(24)8-9-15(22)25/h12,17H,3-11,19H2,1-2H3,(H,20,27)(H,21,23). The van der Waals surface area contributed by atoms with E-state index in [9.17, 15) is 24.0 Å². The summed E-state index contributed by atoms with van der Waals surface area (Å²) in [5.41, 5.74) is 5.41. The Labute approximate surface area is 164 Å². The van der Waals surface area contributed by atoms with E-state index in [-0.39, 0.29) is 49.8 Å². The van der Waals surface area contributed by atoms with Crippen molar-refractivity contribution in [1.82, 2.24) is 15.7 Å². The third-order valence-corrected chi connectivity index (χ3v) is 4.18. The van der Waals surface area contributed by atoms with Crippen LogP contribution in [0.5, 0.6) is 0 Å². The van der Waals surface area contributed by atoms with E-state index in [1.54, 1.807) is 0 Å². The van der Waals surface area contributed by atoms with Crippen molar-refractivity contribution in [3.63, 3.8) is 0 Å². The third kappa shape index (κ3) is 8.03. The smallest absolute Gasteiger partial charge is 0.333 e. The fourth-order valence-electron chi connectivity index (χ4n) is 2.57. The molecule has 0 aromatic rings. The number of nitrogens with zero attached hydrogens (tertiary/aromatic N) is 1. The van der Waals surface area contributed by atoms with Gasteiger partial charge in [-0.1, -0.05) is 13.8 Å². The summed E-state index contributed by atoms with van der Waals surface area (Å²) in [5, 5.41) is 5.92. The van der Waals surface area contributed by atoms with Crippen LogP contribution in [0.1, 0.15) is 58.8 Å². The summed E-state index contributed by atoms with van der Waals surface area (Å²) in [6.07, 6.45) is 1.69. The van der Waals surface area contributed by atoms with Gasteiger partial charge in [0.05, 0.1) is 0 Å². The fraction of sp³-hybridized carbons (Fsp3) is 0.722. The lowest BCUT2D eigenvalue weighted by Crippen LogP contribution is -2.49. The van der Waals surface area contributed by atoms with E-state index in [2.05, 4.69) is 10.6 Å². The summed E-state index contributed by atoms with van der Waals surface area (Å²) in [7, 11) is 0. The van der Waals surface area contributed by atoms with E-state index in [1.165, 1.54) is 0 Å². The summed E-state index contributed by atoms with van der Waals surface area (Å²) in [6, 6.07) is -0.669. The number of hydroxylamine groups is 2. The van der Waals surface area contributed by atoms with Crippen molar-refractivity contribution < 1.29 is 28.8 Å². The molecule has 0 aromatic heterocycles. The molecule has 0 aromatic carbocycles. The van der Waals surface area contributed by atoms with Crippen LogP contribution >= 0.6 is 0 Å². The summed E-state index contributed by atoms with van der Waals surface area (Å²) in [5.74, 6) is -2.57. The van der Waals surface area contributed by atoms with Crippen LogP contribution in [0.15, 0.2) is 0 Å². The van der Waals surface area contributed by atoms with E-state index in [0.717, 1.165) is 12.8 Å². The van der Waals surface area contributed by atoms with Crippen molar-refractivity contribution in [2.24, 2.45) is 11.7 Å². The third-order valence-electron chi connectivity index (χ3n) is 4.18. The Morgan fingerprint density at radius 1 is 1.07 bits per heavy atom. The SMILES string of the molecule is CC(C)C(NC(=O)CCCC(=O)ON1C(=O)CCC1=O)C(=O)NCCCCN. The number of rotatable bonds is 12.